The Balaban J connectivity index is 2.05. The lowest BCUT2D eigenvalue weighted by Gasteiger charge is -2.09. The van der Waals surface area contributed by atoms with Gasteiger partial charge in [-0.2, -0.15) is 0 Å². The molecule has 0 aliphatic heterocycles. The van der Waals surface area contributed by atoms with Gasteiger partial charge in [0, 0.05) is 23.7 Å². The summed E-state index contributed by atoms with van der Waals surface area (Å²) in [5.41, 5.74) is 1.39. The van der Waals surface area contributed by atoms with E-state index in [-0.39, 0.29) is 17.2 Å². The molecular weight excluding hydrogens is 339 g/mol. The van der Waals surface area contributed by atoms with Gasteiger partial charge in [-0.3, -0.25) is 14.9 Å². The Bertz CT molecular complexity index is 763. The van der Waals surface area contributed by atoms with E-state index in [2.05, 4.69) is 5.32 Å². The third-order valence-corrected chi connectivity index (χ3v) is 4.32. The minimum atomic E-state index is -0.502. The molecule has 2 rings (SSSR count). The van der Waals surface area contributed by atoms with E-state index >= 15 is 0 Å². The van der Waals surface area contributed by atoms with Gasteiger partial charge < -0.3 is 5.32 Å². The van der Waals surface area contributed by atoms with Gasteiger partial charge in [-0.1, -0.05) is 41.4 Å². The lowest BCUT2D eigenvalue weighted by molar-refractivity contribution is -0.385. The van der Waals surface area contributed by atoms with Crippen molar-refractivity contribution < 1.29 is 9.72 Å². The highest BCUT2D eigenvalue weighted by Gasteiger charge is 2.17. The van der Waals surface area contributed by atoms with Crippen LogP contribution in [0.3, 0.4) is 0 Å². The molecule has 0 atom stereocenters. The molecule has 1 N–H and O–H groups in total. The van der Waals surface area contributed by atoms with Crippen molar-refractivity contribution in [3.8, 4) is 0 Å². The molecule has 0 saturated heterocycles. The quantitative estimate of drug-likeness (QED) is 0.647. The first-order valence-corrected chi connectivity index (χ1v) is 7.62. The molecule has 23 heavy (non-hydrogen) atoms. The number of carbonyl (C=O) groups excluding carboxylic acids is 1. The number of hydrogen-bond acceptors (Lipinski definition) is 3. The highest BCUT2D eigenvalue weighted by molar-refractivity contribution is 6.42. The van der Waals surface area contributed by atoms with E-state index in [0.29, 0.717) is 28.6 Å². The maximum absolute atomic E-state index is 12.2. The van der Waals surface area contributed by atoms with E-state index in [4.69, 9.17) is 23.2 Å². The largest absolute Gasteiger partial charge is 0.352 e. The summed E-state index contributed by atoms with van der Waals surface area (Å²) >= 11 is 12.0. The van der Waals surface area contributed by atoms with Crippen molar-refractivity contribution in [3.05, 3.63) is 73.2 Å². The first-order chi connectivity index (χ1) is 10.9. The molecule has 0 spiro atoms. The van der Waals surface area contributed by atoms with Crippen LogP contribution in [-0.4, -0.2) is 17.4 Å². The molecule has 1 amide bonds. The Kier molecular flexibility index (Phi) is 5.58. The van der Waals surface area contributed by atoms with Crippen LogP contribution in [0.2, 0.25) is 10.0 Å². The fourth-order valence-electron chi connectivity index (χ4n) is 2.21. The second-order valence-electron chi connectivity index (χ2n) is 4.93. The van der Waals surface area contributed by atoms with Crippen LogP contribution < -0.4 is 5.32 Å². The van der Waals surface area contributed by atoms with Crippen LogP contribution >= 0.6 is 23.2 Å². The van der Waals surface area contributed by atoms with Gasteiger partial charge >= 0.3 is 0 Å². The number of nitro groups is 1. The molecule has 0 bridgehead atoms. The minimum absolute atomic E-state index is 0.0736. The van der Waals surface area contributed by atoms with Crippen molar-refractivity contribution in [2.24, 2.45) is 0 Å². The minimum Gasteiger partial charge on any atom is -0.352 e. The van der Waals surface area contributed by atoms with E-state index in [1.165, 1.54) is 12.1 Å². The van der Waals surface area contributed by atoms with Crippen molar-refractivity contribution in [1.82, 2.24) is 5.32 Å². The molecule has 5 nitrogen and oxygen atoms in total. The van der Waals surface area contributed by atoms with Crippen LogP contribution in [0.1, 0.15) is 21.5 Å². The van der Waals surface area contributed by atoms with Gasteiger partial charge in [0.25, 0.3) is 11.6 Å². The maximum atomic E-state index is 12.2. The lowest BCUT2D eigenvalue weighted by atomic mass is 10.1. The summed E-state index contributed by atoms with van der Waals surface area (Å²) in [6.07, 6.45) is 0.513. The fourth-order valence-corrected chi connectivity index (χ4v) is 2.63. The summed E-state index contributed by atoms with van der Waals surface area (Å²) in [5, 5.41) is 14.6. The predicted octanol–water partition coefficient (Wildman–Crippen LogP) is 4.18. The van der Waals surface area contributed by atoms with E-state index in [1.807, 2.05) is 6.07 Å². The number of nitro benzene ring substituents is 1. The number of nitrogens with zero attached hydrogens (tertiary/aromatic N) is 1. The summed E-state index contributed by atoms with van der Waals surface area (Å²) in [6, 6.07) is 9.74. The fraction of sp³-hybridized carbons (Fsp3) is 0.188. The van der Waals surface area contributed by atoms with Crippen LogP contribution in [0.4, 0.5) is 5.69 Å². The molecule has 7 heteroatoms. The molecule has 0 aliphatic carbocycles. The van der Waals surface area contributed by atoms with Gasteiger partial charge in [-0.15, -0.1) is 0 Å². The van der Waals surface area contributed by atoms with Gasteiger partial charge in [0.1, 0.15) is 0 Å². The molecule has 0 aliphatic rings. The topological polar surface area (TPSA) is 72.2 Å². The predicted molar refractivity (Wildman–Crippen MR) is 90.3 cm³/mol. The van der Waals surface area contributed by atoms with Crippen LogP contribution in [0.25, 0.3) is 0 Å². The average Bonchev–Trinajstić information content (AvgIpc) is 2.51. The highest BCUT2D eigenvalue weighted by Crippen LogP contribution is 2.25. The Labute approximate surface area is 143 Å². The van der Waals surface area contributed by atoms with Gasteiger partial charge in [0.2, 0.25) is 0 Å². The van der Waals surface area contributed by atoms with Crippen molar-refractivity contribution in [3.63, 3.8) is 0 Å². The van der Waals surface area contributed by atoms with Crippen molar-refractivity contribution in [1.29, 1.82) is 0 Å². The Hall–Kier alpha value is -2.11. The Morgan fingerprint density at radius 2 is 1.91 bits per heavy atom. The maximum Gasteiger partial charge on any atom is 0.273 e. The molecule has 0 saturated carbocycles. The molecule has 120 valence electrons. The normalized spacial score (nSPS) is 10.4. The molecular formula is C16H14Cl2N2O3. The summed E-state index contributed by atoms with van der Waals surface area (Å²) in [7, 11) is 0. The second-order valence-corrected chi connectivity index (χ2v) is 5.71. The van der Waals surface area contributed by atoms with Gasteiger partial charge in [-0.05, 0) is 31.0 Å². The second kappa shape index (κ2) is 7.44. The van der Waals surface area contributed by atoms with Crippen molar-refractivity contribution in [2.45, 2.75) is 13.3 Å². The van der Waals surface area contributed by atoms with E-state index in [9.17, 15) is 14.9 Å². The van der Waals surface area contributed by atoms with E-state index < -0.39 is 4.92 Å². The number of rotatable bonds is 5. The summed E-state index contributed by atoms with van der Waals surface area (Å²) < 4.78 is 0. The molecule has 2 aromatic carbocycles. The molecule has 0 unspecified atom stereocenters. The summed E-state index contributed by atoms with van der Waals surface area (Å²) in [4.78, 5) is 22.6. The number of benzene rings is 2. The zero-order valence-electron chi connectivity index (χ0n) is 12.3. The van der Waals surface area contributed by atoms with E-state index in [1.54, 1.807) is 25.1 Å². The Morgan fingerprint density at radius 3 is 2.61 bits per heavy atom. The van der Waals surface area contributed by atoms with Gasteiger partial charge in [-0.25, -0.2) is 0 Å². The number of amides is 1. The molecule has 0 fully saturated rings. The lowest BCUT2D eigenvalue weighted by Crippen LogP contribution is -2.26. The standard InChI is InChI=1S/C16H14Cl2N2O3/c1-10-12(5-3-7-14(10)20(22)23)16(21)19-9-8-11-4-2-6-13(17)15(11)18/h2-7H,8-9H2,1H3,(H,19,21). The summed E-state index contributed by atoms with van der Waals surface area (Å²) in [5.74, 6) is -0.357. The van der Waals surface area contributed by atoms with E-state index in [0.717, 1.165) is 5.56 Å². The number of nitrogens with one attached hydrogen (secondary N) is 1. The van der Waals surface area contributed by atoms with Gasteiger partial charge in [0.05, 0.1) is 15.0 Å². The van der Waals surface area contributed by atoms with Crippen molar-refractivity contribution in [2.75, 3.05) is 6.54 Å². The van der Waals surface area contributed by atoms with Crippen LogP contribution in [-0.2, 0) is 6.42 Å². The van der Waals surface area contributed by atoms with Crippen molar-refractivity contribution >= 4 is 34.8 Å². The smallest absolute Gasteiger partial charge is 0.273 e. The SMILES string of the molecule is Cc1c(C(=O)NCCc2cccc(Cl)c2Cl)cccc1[N+](=O)[O-]. The number of carbonyl (C=O) groups is 1. The molecule has 2 aromatic rings. The zero-order valence-corrected chi connectivity index (χ0v) is 13.8. The third-order valence-electron chi connectivity index (χ3n) is 3.46. The highest BCUT2D eigenvalue weighted by atomic mass is 35.5. The van der Waals surface area contributed by atoms with Crippen LogP contribution in [0.15, 0.2) is 36.4 Å². The first-order valence-electron chi connectivity index (χ1n) is 6.87. The summed E-state index contributed by atoms with van der Waals surface area (Å²) in [6.45, 7) is 1.90. The van der Waals surface area contributed by atoms with Crippen LogP contribution in [0.5, 0.6) is 0 Å². The first kappa shape index (κ1) is 17.2. The molecule has 0 aromatic heterocycles. The number of halogens is 2. The molecule has 0 radical (unpaired) electrons. The monoisotopic (exact) mass is 352 g/mol. The zero-order chi connectivity index (χ0) is 17.0. The third kappa shape index (κ3) is 4.00. The Morgan fingerprint density at radius 1 is 1.22 bits per heavy atom. The number of hydrogen-bond donors (Lipinski definition) is 1. The van der Waals surface area contributed by atoms with Gasteiger partial charge in [0.15, 0.2) is 0 Å². The van der Waals surface area contributed by atoms with Crippen LogP contribution in [0, 0.1) is 17.0 Å². The average molecular weight is 353 g/mol. The molecule has 0 heterocycles.